The second kappa shape index (κ2) is 6.09. The summed E-state index contributed by atoms with van der Waals surface area (Å²) in [5, 5.41) is 3.85. The van der Waals surface area contributed by atoms with Crippen LogP contribution < -0.4 is 10.2 Å². The van der Waals surface area contributed by atoms with Gasteiger partial charge in [0.15, 0.2) is 0 Å². The Labute approximate surface area is 123 Å². The van der Waals surface area contributed by atoms with Crippen LogP contribution in [0.1, 0.15) is 18.4 Å². The third-order valence-electron chi connectivity index (χ3n) is 3.46. The number of hydrogen-bond acceptors (Lipinski definition) is 4. The molecule has 0 unspecified atom stereocenters. The standard InChI is InChI=1S/C15H17ClN4/c16-14-10-13(4-6-17-14)19-11-12-3-5-18-15(9-12)20-7-1-2-8-20/h3-6,9-10H,1-2,7-8,11H2,(H,17,19). The van der Waals surface area contributed by atoms with Gasteiger partial charge in [0.05, 0.1) is 0 Å². The Morgan fingerprint density at radius 2 is 1.90 bits per heavy atom. The molecule has 0 aromatic carbocycles. The molecule has 0 amide bonds. The molecular formula is C15H17ClN4. The van der Waals surface area contributed by atoms with Crippen LogP contribution in [0, 0.1) is 0 Å². The van der Waals surface area contributed by atoms with Gasteiger partial charge in [0.25, 0.3) is 0 Å². The van der Waals surface area contributed by atoms with E-state index in [9.17, 15) is 0 Å². The summed E-state index contributed by atoms with van der Waals surface area (Å²) >= 11 is 5.87. The lowest BCUT2D eigenvalue weighted by atomic mass is 10.2. The summed E-state index contributed by atoms with van der Waals surface area (Å²) in [6.07, 6.45) is 6.11. The first kappa shape index (κ1) is 13.2. The highest BCUT2D eigenvalue weighted by atomic mass is 35.5. The predicted molar refractivity (Wildman–Crippen MR) is 82.3 cm³/mol. The molecule has 3 rings (SSSR count). The van der Waals surface area contributed by atoms with Crippen LogP contribution in [0.5, 0.6) is 0 Å². The zero-order valence-corrected chi connectivity index (χ0v) is 12.0. The van der Waals surface area contributed by atoms with E-state index in [1.807, 2.05) is 24.4 Å². The SMILES string of the molecule is Clc1cc(NCc2ccnc(N3CCCC3)c2)ccn1. The van der Waals surface area contributed by atoms with E-state index in [2.05, 4.69) is 26.3 Å². The summed E-state index contributed by atoms with van der Waals surface area (Å²) < 4.78 is 0. The third kappa shape index (κ3) is 3.20. The van der Waals surface area contributed by atoms with E-state index in [0.29, 0.717) is 5.15 Å². The van der Waals surface area contributed by atoms with E-state index in [1.54, 1.807) is 6.20 Å². The normalized spacial score (nSPS) is 14.6. The molecule has 0 bridgehead atoms. The van der Waals surface area contributed by atoms with Crippen molar-refractivity contribution in [1.29, 1.82) is 0 Å². The Bertz CT molecular complexity index is 582. The fraction of sp³-hybridized carbons (Fsp3) is 0.333. The van der Waals surface area contributed by atoms with Crippen LogP contribution in [0.15, 0.2) is 36.7 Å². The maximum Gasteiger partial charge on any atom is 0.131 e. The highest BCUT2D eigenvalue weighted by Gasteiger charge is 2.13. The lowest BCUT2D eigenvalue weighted by Gasteiger charge is -2.17. The van der Waals surface area contributed by atoms with Gasteiger partial charge in [0.1, 0.15) is 11.0 Å². The zero-order chi connectivity index (χ0) is 13.8. The van der Waals surface area contributed by atoms with Crippen molar-refractivity contribution in [2.75, 3.05) is 23.3 Å². The summed E-state index contributed by atoms with van der Waals surface area (Å²) in [7, 11) is 0. The molecule has 20 heavy (non-hydrogen) atoms. The van der Waals surface area contributed by atoms with Gasteiger partial charge in [0, 0.05) is 37.7 Å². The molecule has 5 heteroatoms. The van der Waals surface area contributed by atoms with Gasteiger partial charge >= 0.3 is 0 Å². The van der Waals surface area contributed by atoms with Crippen molar-refractivity contribution < 1.29 is 0 Å². The van der Waals surface area contributed by atoms with Gasteiger partial charge in [-0.15, -0.1) is 0 Å². The van der Waals surface area contributed by atoms with Crippen molar-refractivity contribution in [3.05, 3.63) is 47.4 Å². The molecule has 0 atom stereocenters. The van der Waals surface area contributed by atoms with Crippen LogP contribution in [0.4, 0.5) is 11.5 Å². The average Bonchev–Trinajstić information content (AvgIpc) is 3.00. The first-order valence-electron chi connectivity index (χ1n) is 6.86. The average molecular weight is 289 g/mol. The Morgan fingerprint density at radius 1 is 1.10 bits per heavy atom. The van der Waals surface area contributed by atoms with Crippen molar-refractivity contribution >= 4 is 23.1 Å². The number of nitrogens with one attached hydrogen (secondary N) is 1. The van der Waals surface area contributed by atoms with Crippen molar-refractivity contribution in [3.8, 4) is 0 Å². The fourth-order valence-electron chi connectivity index (χ4n) is 2.41. The lowest BCUT2D eigenvalue weighted by Crippen LogP contribution is -2.19. The maximum atomic E-state index is 5.87. The molecule has 1 aliphatic heterocycles. The topological polar surface area (TPSA) is 41.1 Å². The summed E-state index contributed by atoms with van der Waals surface area (Å²) in [6.45, 7) is 2.98. The highest BCUT2D eigenvalue weighted by Crippen LogP contribution is 2.19. The van der Waals surface area contributed by atoms with Gasteiger partial charge in [-0.2, -0.15) is 0 Å². The zero-order valence-electron chi connectivity index (χ0n) is 11.2. The highest BCUT2D eigenvalue weighted by molar-refractivity contribution is 6.29. The second-order valence-corrected chi connectivity index (χ2v) is 5.32. The smallest absolute Gasteiger partial charge is 0.131 e. The van der Waals surface area contributed by atoms with E-state index < -0.39 is 0 Å². The van der Waals surface area contributed by atoms with Gasteiger partial charge in [-0.1, -0.05) is 11.6 Å². The predicted octanol–water partition coefficient (Wildman–Crippen LogP) is 3.34. The summed E-state index contributed by atoms with van der Waals surface area (Å²) in [4.78, 5) is 10.8. The minimum absolute atomic E-state index is 0.502. The maximum absolute atomic E-state index is 5.87. The van der Waals surface area contributed by atoms with Crippen molar-refractivity contribution in [1.82, 2.24) is 9.97 Å². The van der Waals surface area contributed by atoms with Crippen LogP contribution in [0.25, 0.3) is 0 Å². The van der Waals surface area contributed by atoms with Gasteiger partial charge in [-0.25, -0.2) is 9.97 Å². The fourth-order valence-corrected chi connectivity index (χ4v) is 2.58. The van der Waals surface area contributed by atoms with Gasteiger partial charge in [-0.05, 0) is 42.7 Å². The number of anilines is 2. The molecule has 0 radical (unpaired) electrons. The summed E-state index contributed by atoms with van der Waals surface area (Å²) in [6, 6.07) is 7.93. The number of rotatable bonds is 4. The lowest BCUT2D eigenvalue weighted by molar-refractivity contribution is 0.931. The molecule has 0 aliphatic carbocycles. The molecular weight excluding hydrogens is 272 g/mol. The van der Waals surface area contributed by atoms with Gasteiger partial charge in [0.2, 0.25) is 0 Å². The first-order valence-corrected chi connectivity index (χ1v) is 7.24. The van der Waals surface area contributed by atoms with Crippen molar-refractivity contribution in [3.63, 3.8) is 0 Å². The molecule has 1 aliphatic rings. The van der Waals surface area contributed by atoms with Crippen LogP contribution in [0.2, 0.25) is 5.15 Å². The van der Waals surface area contributed by atoms with E-state index >= 15 is 0 Å². The first-order chi connectivity index (χ1) is 9.81. The summed E-state index contributed by atoms with van der Waals surface area (Å²) in [5.41, 5.74) is 2.19. The van der Waals surface area contributed by atoms with E-state index in [1.165, 1.54) is 18.4 Å². The number of hydrogen-bond donors (Lipinski definition) is 1. The van der Waals surface area contributed by atoms with Crippen LogP contribution in [-0.4, -0.2) is 23.1 Å². The van der Waals surface area contributed by atoms with Crippen LogP contribution in [-0.2, 0) is 6.54 Å². The number of halogens is 1. The third-order valence-corrected chi connectivity index (χ3v) is 3.67. The molecule has 2 aromatic rings. The Hall–Kier alpha value is -1.81. The number of pyridine rings is 2. The van der Waals surface area contributed by atoms with Crippen molar-refractivity contribution in [2.45, 2.75) is 19.4 Å². The Balaban J connectivity index is 1.66. The Morgan fingerprint density at radius 3 is 2.70 bits per heavy atom. The van der Waals surface area contributed by atoms with E-state index in [4.69, 9.17) is 11.6 Å². The van der Waals surface area contributed by atoms with Crippen molar-refractivity contribution in [2.24, 2.45) is 0 Å². The molecule has 1 N–H and O–H groups in total. The van der Waals surface area contributed by atoms with Crippen LogP contribution in [0.3, 0.4) is 0 Å². The molecule has 3 heterocycles. The Kier molecular flexibility index (Phi) is 4.02. The number of aromatic nitrogens is 2. The van der Waals surface area contributed by atoms with Gasteiger partial charge < -0.3 is 10.2 Å². The van der Waals surface area contributed by atoms with E-state index in [0.717, 1.165) is 31.1 Å². The second-order valence-electron chi connectivity index (χ2n) is 4.94. The number of nitrogens with zero attached hydrogens (tertiary/aromatic N) is 3. The summed E-state index contributed by atoms with van der Waals surface area (Å²) in [5.74, 6) is 1.08. The van der Waals surface area contributed by atoms with E-state index in [-0.39, 0.29) is 0 Å². The molecule has 4 nitrogen and oxygen atoms in total. The van der Waals surface area contributed by atoms with Crippen LogP contribution >= 0.6 is 11.6 Å². The van der Waals surface area contributed by atoms with Gasteiger partial charge in [-0.3, -0.25) is 0 Å². The monoisotopic (exact) mass is 288 g/mol. The molecule has 1 fully saturated rings. The molecule has 0 spiro atoms. The largest absolute Gasteiger partial charge is 0.381 e. The molecule has 2 aromatic heterocycles. The minimum atomic E-state index is 0.502. The minimum Gasteiger partial charge on any atom is -0.381 e. The molecule has 1 saturated heterocycles. The quantitative estimate of drug-likeness (QED) is 0.876. The molecule has 0 saturated carbocycles. The molecule has 104 valence electrons.